The van der Waals surface area contributed by atoms with Crippen molar-refractivity contribution >= 4 is 5.91 Å². The zero-order valence-electron chi connectivity index (χ0n) is 11.2. The Bertz CT molecular complexity index is 454. The molecule has 1 amide bonds. The zero-order chi connectivity index (χ0) is 15.2. The van der Waals surface area contributed by atoms with E-state index in [-0.39, 0.29) is 12.5 Å². The number of hydrogen-bond donors (Lipinski definition) is 1. The van der Waals surface area contributed by atoms with Gasteiger partial charge in [-0.3, -0.25) is 9.69 Å². The lowest BCUT2D eigenvalue weighted by molar-refractivity contribution is -0.137. The van der Waals surface area contributed by atoms with Crippen molar-refractivity contribution in [3.05, 3.63) is 48.0 Å². The van der Waals surface area contributed by atoms with Gasteiger partial charge >= 0.3 is 6.18 Å². The molecule has 0 unspecified atom stereocenters. The molecule has 20 heavy (non-hydrogen) atoms. The maximum absolute atomic E-state index is 12.4. The summed E-state index contributed by atoms with van der Waals surface area (Å²) in [6.45, 7) is 4.46. The fraction of sp³-hybridized carbons (Fsp3) is 0.357. The third kappa shape index (κ3) is 5.44. The molecular formula is C14H17F3N2O. The van der Waals surface area contributed by atoms with E-state index < -0.39 is 11.7 Å². The van der Waals surface area contributed by atoms with Gasteiger partial charge in [0.05, 0.1) is 12.1 Å². The molecule has 0 heterocycles. The highest BCUT2D eigenvalue weighted by atomic mass is 19.4. The molecule has 0 aliphatic rings. The molecule has 0 saturated heterocycles. The lowest BCUT2D eigenvalue weighted by Crippen LogP contribution is -2.34. The summed E-state index contributed by atoms with van der Waals surface area (Å²) < 4.78 is 37.2. The molecule has 1 rings (SSSR count). The predicted octanol–water partition coefficient (Wildman–Crippen LogP) is 2.44. The van der Waals surface area contributed by atoms with Gasteiger partial charge in [0.1, 0.15) is 0 Å². The fourth-order valence-corrected chi connectivity index (χ4v) is 1.65. The predicted molar refractivity (Wildman–Crippen MR) is 71.0 cm³/mol. The molecule has 0 aromatic heterocycles. The van der Waals surface area contributed by atoms with Crippen molar-refractivity contribution in [1.29, 1.82) is 0 Å². The summed E-state index contributed by atoms with van der Waals surface area (Å²) in [5.74, 6) is -0.153. The Morgan fingerprint density at radius 2 is 1.95 bits per heavy atom. The Morgan fingerprint density at radius 3 is 2.45 bits per heavy atom. The van der Waals surface area contributed by atoms with Crippen molar-refractivity contribution < 1.29 is 18.0 Å². The molecule has 110 valence electrons. The van der Waals surface area contributed by atoms with Gasteiger partial charge in [-0.1, -0.05) is 18.2 Å². The van der Waals surface area contributed by atoms with Crippen molar-refractivity contribution in [1.82, 2.24) is 10.2 Å². The van der Waals surface area contributed by atoms with E-state index in [2.05, 4.69) is 11.9 Å². The van der Waals surface area contributed by atoms with Crippen molar-refractivity contribution in [2.24, 2.45) is 0 Å². The number of amides is 1. The van der Waals surface area contributed by atoms with Crippen LogP contribution in [0.1, 0.15) is 11.1 Å². The van der Waals surface area contributed by atoms with E-state index in [0.29, 0.717) is 13.1 Å². The van der Waals surface area contributed by atoms with Crippen molar-refractivity contribution in [2.45, 2.75) is 12.7 Å². The lowest BCUT2D eigenvalue weighted by atomic mass is 10.1. The van der Waals surface area contributed by atoms with Gasteiger partial charge in [-0.25, -0.2) is 0 Å². The second kappa shape index (κ2) is 7.09. The van der Waals surface area contributed by atoms with Crippen LogP contribution in [0.25, 0.3) is 0 Å². The number of benzene rings is 1. The molecule has 0 aliphatic carbocycles. The summed E-state index contributed by atoms with van der Waals surface area (Å²) in [6, 6.07) is 4.92. The van der Waals surface area contributed by atoms with Crippen LogP contribution in [0.3, 0.4) is 0 Å². The van der Waals surface area contributed by atoms with Crippen LogP contribution in [-0.4, -0.2) is 30.9 Å². The second-order valence-corrected chi connectivity index (χ2v) is 4.46. The number of halogens is 3. The van der Waals surface area contributed by atoms with E-state index in [1.54, 1.807) is 18.0 Å². The van der Waals surface area contributed by atoms with Crippen molar-refractivity contribution in [3.8, 4) is 0 Å². The van der Waals surface area contributed by atoms with E-state index in [9.17, 15) is 18.0 Å². The summed E-state index contributed by atoms with van der Waals surface area (Å²) in [5.41, 5.74) is 0.0460. The molecule has 0 atom stereocenters. The minimum atomic E-state index is -4.32. The summed E-state index contributed by atoms with van der Waals surface area (Å²) in [4.78, 5) is 13.2. The second-order valence-electron chi connectivity index (χ2n) is 4.46. The van der Waals surface area contributed by atoms with E-state index >= 15 is 0 Å². The van der Waals surface area contributed by atoms with Gasteiger partial charge in [-0.15, -0.1) is 6.58 Å². The van der Waals surface area contributed by atoms with Crippen LogP contribution in [0.5, 0.6) is 0 Å². The minimum Gasteiger partial charge on any atom is -0.352 e. The van der Waals surface area contributed by atoms with E-state index in [1.807, 2.05) is 0 Å². The highest BCUT2D eigenvalue weighted by molar-refractivity contribution is 5.78. The van der Waals surface area contributed by atoms with E-state index in [4.69, 9.17) is 0 Å². The largest absolute Gasteiger partial charge is 0.416 e. The number of carbonyl (C=O) groups excluding carboxylic acids is 1. The third-order valence-corrected chi connectivity index (χ3v) is 2.59. The average molecular weight is 286 g/mol. The Morgan fingerprint density at radius 1 is 1.35 bits per heavy atom. The molecule has 0 bridgehead atoms. The molecule has 0 aliphatic heterocycles. The monoisotopic (exact) mass is 286 g/mol. The van der Waals surface area contributed by atoms with Crippen molar-refractivity contribution in [3.63, 3.8) is 0 Å². The molecule has 6 heteroatoms. The maximum atomic E-state index is 12.4. The summed E-state index contributed by atoms with van der Waals surface area (Å²) in [7, 11) is 1.73. The third-order valence-electron chi connectivity index (χ3n) is 2.59. The number of alkyl halides is 3. The van der Waals surface area contributed by atoms with Crippen LogP contribution >= 0.6 is 0 Å². The number of hydrogen-bond acceptors (Lipinski definition) is 2. The number of nitrogens with zero attached hydrogens (tertiary/aromatic N) is 1. The summed E-state index contributed by atoms with van der Waals surface area (Å²) in [6.07, 6.45) is -2.75. The van der Waals surface area contributed by atoms with Gasteiger partial charge in [0.15, 0.2) is 0 Å². The maximum Gasteiger partial charge on any atom is 0.416 e. The van der Waals surface area contributed by atoms with Gasteiger partial charge < -0.3 is 5.32 Å². The van der Waals surface area contributed by atoms with Crippen LogP contribution in [0.2, 0.25) is 0 Å². The first-order valence-electron chi connectivity index (χ1n) is 6.05. The smallest absolute Gasteiger partial charge is 0.352 e. The molecule has 0 spiro atoms. The van der Waals surface area contributed by atoms with Gasteiger partial charge in [-0.2, -0.15) is 13.2 Å². The summed E-state index contributed by atoms with van der Waals surface area (Å²) >= 11 is 0. The summed E-state index contributed by atoms with van der Waals surface area (Å²) in [5, 5.41) is 2.63. The molecule has 1 aromatic carbocycles. The number of likely N-dealkylation sites (N-methyl/N-ethyl adjacent to an activating group) is 1. The SMILES string of the molecule is C=CCNC(=O)CN(C)Cc1ccc(C(F)(F)F)cc1. The first kappa shape index (κ1) is 16.2. The first-order valence-corrected chi connectivity index (χ1v) is 6.05. The van der Waals surface area contributed by atoms with E-state index in [0.717, 1.165) is 17.7 Å². The van der Waals surface area contributed by atoms with Crippen molar-refractivity contribution in [2.75, 3.05) is 20.1 Å². The first-order chi connectivity index (χ1) is 9.32. The Balaban J connectivity index is 2.52. The van der Waals surface area contributed by atoms with Crippen LogP contribution in [0.15, 0.2) is 36.9 Å². The van der Waals surface area contributed by atoms with E-state index in [1.165, 1.54) is 12.1 Å². The Labute approximate surface area is 116 Å². The molecule has 3 nitrogen and oxygen atoms in total. The zero-order valence-corrected chi connectivity index (χ0v) is 11.2. The topological polar surface area (TPSA) is 32.3 Å². The Hall–Kier alpha value is -1.82. The number of carbonyl (C=O) groups is 1. The average Bonchev–Trinajstić information content (AvgIpc) is 2.35. The van der Waals surface area contributed by atoms with Crippen LogP contribution in [0.4, 0.5) is 13.2 Å². The molecule has 1 N–H and O–H groups in total. The minimum absolute atomic E-state index is 0.153. The molecule has 0 saturated carbocycles. The van der Waals surface area contributed by atoms with Gasteiger partial charge in [0.2, 0.25) is 5.91 Å². The van der Waals surface area contributed by atoms with Crippen LogP contribution < -0.4 is 5.32 Å². The molecule has 0 fully saturated rings. The number of nitrogens with one attached hydrogen (secondary N) is 1. The lowest BCUT2D eigenvalue weighted by Gasteiger charge is -2.16. The molecule has 1 aromatic rings. The number of rotatable bonds is 6. The van der Waals surface area contributed by atoms with Crippen LogP contribution in [-0.2, 0) is 17.5 Å². The molecular weight excluding hydrogens is 269 g/mol. The normalized spacial score (nSPS) is 11.4. The van der Waals surface area contributed by atoms with Gasteiger partial charge in [-0.05, 0) is 24.7 Å². The standard InChI is InChI=1S/C14H17F3N2O/c1-3-8-18-13(20)10-19(2)9-11-4-6-12(7-5-11)14(15,16)17/h3-7H,1,8-10H2,2H3,(H,18,20). The van der Waals surface area contributed by atoms with Gasteiger partial charge in [0.25, 0.3) is 0 Å². The molecule has 0 radical (unpaired) electrons. The fourth-order valence-electron chi connectivity index (χ4n) is 1.65. The Kier molecular flexibility index (Phi) is 5.76. The highest BCUT2D eigenvalue weighted by Gasteiger charge is 2.29. The van der Waals surface area contributed by atoms with Crippen LogP contribution in [0, 0.1) is 0 Å². The quantitative estimate of drug-likeness (QED) is 0.815. The highest BCUT2D eigenvalue weighted by Crippen LogP contribution is 2.29. The van der Waals surface area contributed by atoms with Gasteiger partial charge in [0, 0.05) is 13.1 Å².